The van der Waals surface area contributed by atoms with E-state index in [-0.39, 0.29) is 11.9 Å². The third-order valence-corrected chi connectivity index (χ3v) is 4.50. The number of hydrogen-bond donors (Lipinski definition) is 2. The lowest BCUT2D eigenvalue weighted by atomic mass is 9.99. The van der Waals surface area contributed by atoms with Crippen molar-refractivity contribution in [1.29, 1.82) is 0 Å². The SMILES string of the molecule is O=C(CCc1nc2ccccc2[nH]1)NC(c1ccccc1)c1ccncc1. The molecule has 134 valence electrons. The lowest BCUT2D eigenvalue weighted by molar-refractivity contribution is -0.121. The summed E-state index contributed by atoms with van der Waals surface area (Å²) in [6.07, 6.45) is 4.42. The van der Waals surface area contributed by atoms with E-state index in [4.69, 9.17) is 0 Å². The summed E-state index contributed by atoms with van der Waals surface area (Å²) in [5.74, 6) is 0.813. The van der Waals surface area contributed by atoms with Crippen LogP contribution in [0.2, 0.25) is 0 Å². The third-order valence-electron chi connectivity index (χ3n) is 4.50. The first-order valence-corrected chi connectivity index (χ1v) is 8.97. The maximum absolute atomic E-state index is 12.6. The quantitative estimate of drug-likeness (QED) is 0.552. The summed E-state index contributed by atoms with van der Waals surface area (Å²) in [5, 5.41) is 3.15. The molecule has 5 nitrogen and oxygen atoms in total. The minimum absolute atomic E-state index is 0.0129. The van der Waals surface area contributed by atoms with E-state index in [2.05, 4.69) is 20.3 Å². The van der Waals surface area contributed by atoms with Crippen molar-refractivity contribution in [2.45, 2.75) is 18.9 Å². The van der Waals surface area contributed by atoms with Gasteiger partial charge in [0.05, 0.1) is 17.1 Å². The number of carbonyl (C=O) groups excluding carboxylic acids is 1. The zero-order chi connectivity index (χ0) is 18.5. The summed E-state index contributed by atoms with van der Waals surface area (Å²) >= 11 is 0. The van der Waals surface area contributed by atoms with Gasteiger partial charge in [-0.25, -0.2) is 4.98 Å². The molecule has 5 heteroatoms. The van der Waals surface area contributed by atoms with E-state index in [0.29, 0.717) is 12.8 Å². The highest BCUT2D eigenvalue weighted by Gasteiger charge is 2.17. The van der Waals surface area contributed by atoms with E-state index in [1.165, 1.54) is 0 Å². The number of pyridine rings is 1. The number of fused-ring (bicyclic) bond motifs is 1. The van der Waals surface area contributed by atoms with E-state index >= 15 is 0 Å². The number of H-pyrrole nitrogens is 1. The number of rotatable bonds is 6. The minimum atomic E-state index is -0.197. The van der Waals surface area contributed by atoms with E-state index in [9.17, 15) is 4.79 Å². The highest BCUT2D eigenvalue weighted by molar-refractivity contribution is 5.78. The molecule has 0 saturated carbocycles. The summed E-state index contributed by atoms with van der Waals surface area (Å²) in [5.41, 5.74) is 3.97. The van der Waals surface area contributed by atoms with Gasteiger partial charge in [0.1, 0.15) is 5.82 Å². The summed E-state index contributed by atoms with van der Waals surface area (Å²) in [7, 11) is 0. The van der Waals surface area contributed by atoms with Crippen molar-refractivity contribution in [3.8, 4) is 0 Å². The van der Waals surface area contributed by atoms with Crippen LogP contribution in [0, 0.1) is 0 Å². The number of aryl methyl sites for hydroxylation is 1. The van der Waals surface area contributed by atoms with Crippen LogP contribution in [0.5, 0.6) is 0 Å². The molecule has 4 aromatic rings. The van der Waals surface area contributed by atoms with Crippen molar-refractivity contribution in [2.24, 2.45) is 0 Å². The molecular weight excluding hydrogens is 336 g/mol. The molecule has 1 unspecified atom stereocenters. The second-order valence-corrected chi connectivity index (χ2v) is 6.39. The molecule has 0 fully saturated rings. The van der Waals surface area contributed by atoms with Gasteiger partial charge in [0.15, 0.2) is 0 Å². The van der Waals surface area contributed by atoms with E-state index < -0.39 is 0 Å². The molecule has 0 radical (unpaired) electrons. The first-order chi connectivity index (χ1) is 13.3. The standard InChI is InChI=1S/C22H20N4O/c27-21(11-10-20-24-18-8-4-5-9-19(18)25-20)26-22(16-6-2-1-3-7-16)17-12-14-23-15-13-17/h1-9,12-15,22H,10-11H2,(H,24,25)(H,26,27). The van der Waals surface area contributed by atoms with Crippen LogP contribution >= 0.6 is 0 Å². The molecule has 4 rings (SSSR count). The Labute approximate surface area is 157 Å². The van der Waals surface area contributed by atoms with E-state index in [1.807, 2.05) is 66.7 Å². The summed E-state index contributed by atoms with van der Waals surface area (Å²) in [6, 6.07) is 21.5. The second kappa shape index (κ2) is 7.83. The molecule has 2 aromatic carbocycles. The fourth-order valence-corrected chi connectivity index (χ4v) is 3.15. The van der Waals surface area contributed by atoms with Gasteiger partial charge in [-0.3, -0.25) is 9.78 Å². The highest BCUT2D eigenvalue weighted by Crippen LogP contribution is 2.21. The topological polar surface area (TPSA) is 70.7 Å². The minimum Gasteiger partial charge on any atom is -0.345 e. The molecule has 0 aliphatic rings. The number of benzene rings is 2. The molecule has 1 atom stereocenters. The Kier molecular flexibility index (Phi) is 4.92. The Morgan fingerprint density at radius 1 is 0.926 bits per heavy atom. The van der Waals surface area contributed by atoms with Gasteiger partial charge in [-0.15, -0.1) is 0 Å². The first-order valence-electron chi connectivity index (χ1n) is 8.97. The van der Waals surface area contributed by atoms with Crippen molar-refractivity contribution in [2.75, 3.05) is 0 Å². The van der Waals surface area contributed by atoms with Crippen LogP contribution in [0.3, 0.4) is 0 Å². The van der Waals surface area contributed by atoms with Crippen LogP contribution in [-0.2, 0) is 11.2 Å². The van der Waals surface area contributed by atoms with Gasteiger partial charge in [-0.2, -0.15) is 0 Å². The van der Waals surface area contributed by atoms with Gasteiger partial charge in [-0.1, -0.05) is 42.5 Å². The van der Waals surface area contributed by atoms with Gasteiger partial charge in [0.25, 0.3) is 0 Å². The predicted molar refractivity (Wildman–Crippen MR) is 105 cm³/mol. The van der Waals surface area contributed by atoms with Crippen molar-refractivity contribution < 1.29 is 4.79 Å². The lowest BCUT2D eigenvalue weighted by Crippen LogP contribution is -2.29. The molecule has 0 aliphatic carbocycles. The number of aromatic nitrogens is 3. The van der Waals surface area contributed by atoms with Crippen LogP contribution in [0.4, 0.5) is 0 Å². The molecule has 2 heterocycles. The lowest BCUT2D eigenvalue weighted by Gasteiger charge is -2.19. The van der Waals surface area contributed by atoms with Gasteiger partial charge in [0, 0.05) is 25.2 Å². The van der Waals surface area contributed by atoms with Crippen LogP contribution < -0.4 is 5.32 Å². The molecule has 0 bridgehead atoms. The highest BCUT2D eigenvalue weighted by atomic mass is 16.1. The van der Waals surface area contributed by atoms with Crippen LogP contribution in [0.15, 0.2) is 79.1 Å². The fourth-order valence-electron chi connectivity index (χ4n) is 3.15. The Morgan fingerprint density at radius 3 is 2.41 bits per heavy atom. The molecule has 0 spiro atoms. The van der Waals surface area contributed by atoms with Crippen LogP contribution in [0.1, 0.15) is 29.4 Å². The molecular formula is C22H20N4O. The number of aromatic amines is 1. The number of nitrogens with zero attached hydrogens (tertiary/aromatic N) is 2. The smallest absolute Gasteiger partial charge is 0.221 e. The van der Waals surface area contributed by atoms with Crippen LogP contribution in [0.25, 0.3) is 11.0 Å². The third kappa shape index (κ3) is 4.03. The van der Waals surface area contributed by atoms with Crippen LogP contribution in [-0.4, -0.2) is 20.9 Å². The monoisotopic (exact) mass is 356 g/mol. The number of hydrogen-bond acceptors (Lipinski definition) is 3. The number of imidazole rings is 1. The Morgan fingerprint density at radius 2 is 1.63 bits per heavy atom. The number of nitrogens with one attached hydrogen (secondary N) is 2. The van der Waals surface area contributed by atoms with Gasteiger partial charge in [0.2, 0.25) is 5.91 Å². The molecule has 1 amide bonds. The number of amides is 1. The molecule has 0 saturated heterocycles. The molecule has 2 aromatic heterocycles. The summed E-state index contributed by atoms with van der Waals surface area (Å²) in [6.45, 7) is 0. The average Bonchev–Trinajstić information content (AvgIpc) is 3.15. The summed E-state index contributed by atoms with van der Waals surface area (Å²) < 4.78 is 0. The zero-order valence-electron chi connectivity index (χ0n) is 14.8. The molecule has 0 aliphatic heterocycles. The zero-order valence-corrected chi connectivity index (χ0v) is 14.8. The maximum atomic E-state index is 12.6. The van der Waals surface area contributed by atoms with Gasteiger partial charge in [-0.05, 0) is 35.4 Å². The fraction of sp³-hybridized carbons (Fsp3) is 0.136. The van der Waals surface area contributed by atoms with Gasteiger partial charge < -0.3 is 10.3 Å². The van der Waals surface area contributed by atoms with E-state index in [0.717, 1.165) is 28.0 Å². The first kappa shape index (κ1) is 17.0. The van der Waals surface area contributed by atoms with Crippen molar-refractivity contribution >= 4 is 16.9 Å². The van der Waals surface area contributed by atoms with Gasteiger partial charge >= 0.3 is 0 Å². The Bertz CT molecular complexity index is 955. The average molecular weight is 356 g/mol. The normalized spacial score (nSPS) is 12.0. The van der Waals surface area contributed by atoms with E-state index in [1.54, 1.807) is 12.4 Å². The largest absolute Gasteiger partial charge is 0.345 e. The number of carbonyl (C=O) groups is 1. The Hall–Kier alpha value is -3.47. The van der Waals surface area contributed by atoms with Crippen molar-refractivity contribution in [1.82, 2.24) is 20.3 Å². The molecule has 27 heavy (non-hydrogen) atoms. The molecule has 2 N–H and O–H groups in total. The Balaban J connectivity index is 1.47. The maximum Gasteiger partial charge on any atom is 0.221 e. The second-order valence-electron chi connectivity index (χ2n) is 6.39. The number of para-hydroxylation sites is 2. The predicted octanol–water partition coefficient (Wildman–Crippen LogP) is 3.80. The van der Waals surface area contributed by atoms with Crippen molar-refractivity contribution in [3.05, 3.63) is 96.1 Å². The van der Waals surface area contributed by atoms with Crippen molar-refractivity contribution in [3.63, 3.8) is 0 Å². The summed E-state index contributed by atoms with van der Waals surface area (Å²) in [4.78, 5) is 24.5.